The van der Waals surface area contributed by atoms with Crippen molar-refractivity contribution in [2.24, 2.45) is 0 Å². The fourth-order valence-electron chi connectivity index (χ4n) is 1.82. The van der Waals surface area contributed by atoms with Crippen LogP contribution in [-0.4, -0.2) is 11.0 Å². The third kappa shape index (κ3) is 2.96. The second-order valence-electron chi connectivity index (χ2n) is 4.19. The molecule has 2 rings (SSSR count). The van der Waals surface area contributed by atoms with Gasteiger partial charge in [-0.3, -0.25) is 4.79 Å². The molecule has 0 aromatic heterocycles. The average Bonchev–Trinajstić information content (AvgIpc) is 2.42. The number of hydrogen-bond donors (Lipinski definition) is 2. The normalized spacial score (nSPS) is 10.2. The van der Waals surface area contributed by atoms with Crippen LogP contribution in [0.25, 0.3) is 0 Å². The summed E-state index contributed by atoms with van der Waals surface area (Å²) in [6.45, 7) is 1.72. The van der Waals surface area contributed by atoms with Gasteiger partial charge >= 0.3 is 0 Å². The van der Waals surface area contributed by atoms with Crippen molar-refractivity contribution in [1.82, 2.24) is 0 Å². The van der Waals surface area contributed by atoms with E-state index in [1.165, 1.54) is 0 Å². The lowest BCUT2D eigenvalue weighted by Gasteiger charge is -2.11. The fraction of sp³-hybridized carbons (Fsp3) is 0.133. The molecule has 4 heteroatoms. The highest BCUT2D eigenvalue weighted by atomic mass is 79.9. The molecule has 0 aliphatic rings. The first-order chi connectivity index (χ1) is 9.13. The van der Waals surface area contributed by atoms with E-state index in [2.05, 4.69) is 21.2 Å². The van der Waals surface area contributed by atoms with Crippen LogP contribution in [0.5, 0.6) is 5.75 Å². The zero-order valence-electron chi connectivity index (χ0n) is 10.5. The van der Waals surface area contributed by atoms with E-state index in [9.17, 15) is 9.90 Å². The summed E-state index contributed by atoms with van der Waals surface area (Å²) < 4.78 is 0. The van der Waals surface area contributed by atoms with Crippen molar-refractivity contribution in [3.63, 3.8) is 0 Å². The third-order valence-corrected chi connectivity index (χ3v) is 3.56. The highest BCUT2D eigenvalue weighted by molar-refractivity contribution is 9.08. The molecule has 0 radical (unpaired) electrons. The van der Waals surface area contributed by atoms with E-state index in [0.29, 0.717) is 16.5 Å². The number of phenols is 1. The van der Waals surface area contributed by atoms with Crippen LogP contribution in [0.2, 0.25) is 0 Å². The molecule has 0 spiro atoms. The maximum absolute atomic E-state index is 12.2. The van der Waals surface area contributed by atoms with Crippen LogP contribution < -0.4 is 5.32 Å². The smallest absolute Gasteiger partial charge is 0.256 e. The summed E-state index contributed by atoms with van der Waals surface area (Å²) in [6, 6.07) is 12.5. The predicted molar refractivity (Wildman–Crippen MR) is 79.9 cm³/mol. The molecule has 3 nitrogen and oxygen atoms in total. The number of anilines is 1. The number of para-hydroxylation sites is 1. The molecular formula is C15H14BrNO2. The summed E-state index contributed by atoms with van der Waals surface area (Å²) in [5.41, 5.74) is 2.83. The van der Waals surface area contributed by atoms with Gasteiger partial charge in [0.1, 0.15) is 5.75 Å². The molecule has 2 N–H and O–H groups in total. The molecule has 19 heavy (non-hydrogen) atoms. The van der Waals surface area contributed by atoms with E-state index in [0.717, 1.165) is 11.3 Å². The van der Waals surface area contributed by atoms with Crippen molar-refractivity contribution < 1.29 is 9.90 Å². The SMILES string of the molecule is Cc1c(O)cccc1C(=O)Nc1ccccc1CBr. The third-order valence-electron chi connectivity index (χ3n) is 2.96. The van der Waals surface area contributed by atoms with Crippen LogP contribution >= 0.6 is 15.9 Å². The molecule has 0 unspecified atom stereocenters. The number of hydrogen-bond acceptors (Lipinski definition) is 2. The summed E-state index contributed by atoms with van der Waals surface area (Å²) in [5.74, 6) is -0.0942. The number of benzene rings is 2. The summed E-state index contributed by atoms with van der Waals surface area (Å²) in [5, 5.41) is 13.2. The van der Waals surface area contributed by atoms with Crippen molar-refractivity contribution in [1.29, 1.82) is 0 Å². The molecule has 0 saturated heterocycles. The van der Waals surface area contributed by atoms with Crippen molar-refractivity contribution in [2.75, 3.05) is 5.32 Å². The maximum atomic E-state index is 12.2. The van der Waals surface area contributed by atoms with Crippen LogP contribution in [0, 0.1) is 6.92 Å². The average molecular weight is 320 g/mol. The van der Waals surface area contributed by atoms with E-state index >= 15 is 0 Å². The zero-order chi connectivity index (χ0) is 13.8. The molecular weight excluding hydrogens is 306 g/mol. The van der Waals surface area contributed by atoms with E-state index in [-0.39, 0.29) is 11.7 Å². The lowest BCUT2D eigenvalue weighted by atomic mass is 10.1. The quantitative estimate of drug-likeness (QED) is 0.844. The van der Waals surface area contributed by atoms with Crippen LogP contribution in [0.4, 0.5) is 5.69 Å². The fourth-order valence-corrected chi connectivity index (χ4v) is 2.31. The van der Waals surface area contributed by atoms with Gasteiger partial charge in [0.25, 0.3) is 5.91 Å². The predicted octanol–water partition coefficient (Wildman–Crippen LogP) is 3.85. The Kier molecular flexibility index (Phi) is 4.22. The number of rotatable bonds is 3. The van der Waals surface area contributed by atoms with Gasteiger partial charge in [0.2, 0.25) is 0 Å². The number of alkyl halides is 1. The van der Waals surface area contributed by atoms with Crippen LogP contribution in [-0.2, 0) is 5.33 Å². The standard InChI is InChI=1S/C15H14BrNO2/c1-10-12(6-4-8-14(10)18)15(19)17-13-7-3-2-5-11(13)9-16/h2-8,18H,9H2,1H3,(H,17,19). The second-order valence-corrected chi connectivity index (χ2v) is 4.76. The summed E-state index contributed by atoms with van der Waals surface area (Å²) in [6.07, 6.45) is 0. The number of halogens is 1. The Balaban J connectivity index is 2.28. The Morgan fingerprint density at radius 3 is 2.68 bits per heavy atom. The summed E-state index contributed by atoms with van der Waals surface area (Å²) >= 11 is 3.39. The maximum Gasteiger partial charge on any atom is 0.256 e. The lowest BCUT2D eigenvalue weighted by Crippen LogP contribution is -2.14. The van der Waals surface area contributed by atoms with E-state index < -0.39 is 0 Å². The molecule has 2 aromatic rings. The van der Waals surface area contributed by atoms with Gasteiger partial charge < -0.3 is 10.4 Å². The van der Waals surface area contributed by atoms with Gasteiger partial charge in [-0.2, -0.15) is 0 Å². The number of nitrogens with one attached hydrogen (secondary N) is 1. The molecule has 0 atom stereocenters. The number of amides is 1. The van der Waals surface area contributed by atoms with E-state index in [1.54, 1.807) is 25.1 Å². The van der Waals surface area contributed by atoms with Crippen molar-refractivity contribution in [3.05, 3.63) is 59.2 Å². The minimum atomic E-state index is -0.221. The molecule has 0 fully saturated rings. The lowest BCUT2D eigenvalue weighted by molar-refractivity contribution is 0.102. The highest BCUT2D eigenvalue weighted by Gasteiger charge is 2.12. The van der Waals surface area contributed by atoms with Gasteiger partial charge in [-0.05, 0) is 30.7 Å². The second kappa shape index (κ2) is 5.89. The van der Waals surface area contributed by atoms with Gasteiger partial charge in [0.05, 0.1) is 0 Å². The van der Waals surface area contributed by atoms with Gasteiger partial charge in [0, 0.05) is 22.1 Å². The highest BCUT2D eigenvalue weighted by Crippen LogP contribution is 2.22. The van der Waals surface area contributed by atoms with Gasteiger partial charge in [-0.15, -0.1) is 0 Å². The first kappa shape index (κ1) is 13.6. The molecule has 0 aliphatic carbocycles. The Hall–Kier alpha value is -1.81. The van der Waals surface area contributed by atoms with Crippen molar-refractivity contribution in [3.8, 4) is 5.75 Å². The number of carbonyl (C=O) groups excluding carboxylic acids is 1. The van der Waals surface area contributed by atoms with Crippen LogP contribution in [0.1, 0.15) is 21.5 Å². The number of phenolic OH excluding ortho intramolecular Hbond substituents is 1. The van der Waals surface area contributed by atoms with E-state index in [4.69, 9.17) is 0 Å². The van der Waals surface area contributed by atoms with Gasteiger partial charge in [-0.1, -0.05) is 40.2 Å². The summed E-state index contributed by atoms with van der Waals surface area (Å²) in [7, 11) is 0. The largest absolute Gasteiger partial charge is 0.508 e. The summed E-state index contributed by atoms with van der Waals surface area (Å²) in [4.78, 5) is 12.2. The minimum absolute atomic E-state index is 0.126. The number of aromatic hydroxyl groups is 1. The first-order valence-corrected chi connectivity index (χ1v) is 6.99. The Morgan fingerprint density at radius 1 is 1.21 bits per heavy atom. The molecule has 0 heterocycles. The van der Waals surface area contributed by atoms with Gasteiger partial charge in [-0.25, -0.2) is 0 Å². The van der Waals surface area contributed by atoms with Crippen molar-refractivity contribution in [2.45, 2.75) is 12.3 Å². The number of carbonyl (C=O) groups is 1. The van der Waals surface area contributed by atoms with Crippen LogP contribution in [0.15, 0.2) is 42.5 Å². The Labute approximate surface area is 120 Å². The molecule has 98 valence electrons. The first-order valence-electron chi connectivity index (χ1n) is 5.87. The monoisotopic (exact) mass is 319 g/mol. The van der Waals surface area contributed by atoms with Crippen molar-refractivity contribution >= 4 is 27.5 Å². The molecule has 1 amide bonds. The topological polar surface area (TPSA) is 49.3 Å². The molecule has 0 aliphatic heterocycles. The molecule has 2 aromatic carbocycles. The van der Waals surface area contributed by atoms with E-state index in [1.807, 2.05) is 24.3 Å². The Bertz CT molecular complexity index is 611. The Morgan fingerprint density at radius 2 is 1.95 bits per heavy atom. The van der Waals surface area contributed by atoms with Gasteiger partial charge in [0.15, 0.2) is 0 Å². The van der Waals surface area contributed by atoms with Crippen LogP contribution in [0.3, 0.4) is 0 Å². The zero-order valence-corrected chi connectivity index (χ0v) is 12.1. The molecule has 0 saturated carbocycles. The minimum Gasteiger partial charge on any atom is -0.508 e. The molecule has 0 bridgehead atoms.